The Bertz CT molecular complexity index is 736. The first-order valence-corrected chi connectivity index (χ1v) is 9.16. The number of likely N-dealkylation sites (tertiary alicyclic amines) is 1. The maximum absolute atomic E-state index is 12.4. The number of carbonyl (C=O) groups is 2. The number of benzene rings is 1. The lowest BCUT2D eigenvalue weighted by Gasteiger charge is -2.32. The largest absolute Gasteiger partial charge is 0.349 e. The summed E-state index contributed by atoms with van der Waals surface area (Å²) in [5.41, 5.74) is 3.00. The van der Waals surface area contributed by atoms with E-state index >= 15 is 0 Å². The minimum absolute atomic E-state index is 0.0951. The zero-order valence-electron chi connectivity index (χ0n) is 15.1. The highest BCUT2D eigenvalue weighted by Gasteiger charge is 2.23. The average Bonchev–Trinajstić information content (AvgIpc) is 2.68. The number of carbonyl (C=O) groups excluding carboxylic acids is 2. The van der Waals surface area contributed by atoms with E-state index in [2.05, 4.69) is 41.5 Å². The molecular formula is C21H25N3O2. The number of aromatic nitrogens is 1. The number of nitrogens with one attached hydrogen (secondary N) is 1. The van der Waals surface area contributed by atoms with Crippen LogP contribution >= 0.6 is 0 Å². The van der Waals surface area contributed by atoms with Crippen LogP contribution in [0.4, 0.5) is 0 Å². The molecule has 1 aliphatic rings. The van der Waals surface area contributed by atoms with Crippen molar-refractivity contribution >= 4 is 11.8 Å². The van der Waals surface area contributed by atoms with Gasteiger partial charge >= 0.3 is 0 Å². The molecule has 2 aromatic rings. The number of amides is 2. The van der Waals surface area contributed by atoms with Crippen molar-refractivity contribution in [2.24, 2.45) is 0 Å². The predicted molar refractivity (Wildman–Crippen MR) is 101 cm³/mol. The fourth-order valence-electron chi connectivity index (χ4n) is 3.20. The molecule has 1 N–H and O–H groups in total. The Balaban J connectivity index is 1.42. The topological polar surface area (TPSA) is 62.3 Å². The number of hydrogen-bond acceptors (Lipinski definition) is 3. The molecule has 0 spiro atoms. The van der Waals surface area contributed by atoms with E-state index in [1.54, 1.807) is 24.5 Å². The summed E-state index contributed by atoms with van der Waals surface area (Å²) in [4.78, 5) is 30.5. The maximum atomic E-state index is 12.4. The van der Waals surface area contributed by atoms with Crippen molar-refractivity contribution in [3.05, 3.63) is 65.5 Å². The Morgan fingerprint density at radius 1 is 1.15 bits per heavy atom. The summed E-state index contributed by atoms with van der Waals surface area (Å²) in [6.45, 7) is 3.46. The highest BCUT2D eigenvalue weighted by molar-refractivity contribution is 5.94. The summed E-state index contributed by atoms with van der Waals surface area (Å²) >= 11 is 0. The van der Waals surface area contributed by atoms with Gasteiger partial charge in [-0.15, -0.1) is 0 Å². The van der Waals surface area contributed by atoms with Crippen molar-refractivity contribution in [1.82, 2.24) is 15.2 Å². The van der Waals surface area contributed by atoms with E-state index in [1.807, 2.05) is 4.90 Å². The third-order valence-electron chi connectivity index (χ3n) is 4.85. The fourth-order valence-corrected chi connectivity index (χ4v) is 3.20. The van der Waals surface area contributed by atoms with Gasteiger partial charge in [0.1, 0.15) is 0 Å². The number of aryl methyl sites for hydroxylation is 2. The standard InChI is InChI=1S/C21H25N3O2/c1-16-4-6-17(7-5-16)8-9-20(25)24-13-10-19(11-14-24)23-21(26)18-3-2-12-22-15-18/h2-7,12,15,19H,8-11,13-14H2,1H3,(H,23,26). The van der Waals surface area contributed by atoms with E-state index < -0.39 is 0 Å². The van der Waals surface area contributed by atoms with Crippen molar-refractivity contribution in [2.75, 3.05) is 13.1 Å². The van der Waals surface area contributed by atoms with Gasteiger partial charge in [-0.3, -0.25) is 14.6 Å². The number of nitrogens with zero attached hydrogens (tertiary/aromatic N) is 2. The second kappa shape index (κ2) is 8.61. The average molecular weight is 351 g/mol. The molecule has 1 aliphatic heterocycles. The molecule has 0 radical (unpaired) electrons. The number of hydrogen-bond donors (Lipinski definition) is 1. The fraction of sp³-hybridized carbons (Fsp3) is 0.381. The van der Waals surface area contributed by atoms with Gasteiger partial charge in [-0.05, 0) is 43.9 Å². The van der Waals surface area contributed by atoms with Crippen molar-refractivity contribution in [3.63, 3.8) is 0 Å². The lowest BCUT2D eigenvalue weighted by atomic mass is 10.0. The Hall–Kier alpha value is -2.69. The van der Waals surface area contributed by atoms with Crippen LogP contribution in [0.3, 0.4) is 0 Å². The molecule has 3 rings (SSSR count). The van der Waals surface area contributed by atoms with Crippen LogP contribution < -0.4 is 5.32 Å². The van der Waals surface area contributed by atoms with E-state index in [0.717, 1.165) is 19.3 Å². The van der Waals surface area contributed by atoms with Gasteiger partial charge in [0.25, 0.3) is 5.91 Å². The van der Waals surface area contributed by atoms with Crippen LogP contribution in [0.25, 0.3) is 0 Å². The molecule has 26 heavy (non-hydrogen) atoms. The summed E-state index contributed by atoms with van der Waals surface area (Å²) in [7, 11) is 0. The van der Waals surface area contributed by atoms with E-state index in [-0.39, 0.29) is 17.9 Å². The minimum atomic E-state index is -0.0951. The molecule has 2 heterocycles. The molecular weight excluding hydrogens is 326 g/mol. The summed E-state index contributed by atoms with van der Waals surface area (Å²) in [5.74, 6) is 0.102. The molecule has 2 amide bonds. The molecule has 0 atom stereocenters. The molecule has 0 aliphatic carbocycles. The van der Waals surface area contributed by atoms with Crippen LogP contribution in [0.2, 0.25) is 0 Å². The molecule has 5 nitrogen and oxygen atoms in total. The van der Waals surface area contributed by atoms with Crippen LogP contribution in [-0.2, 0) is 11.2 Å². The Morgan fingerprint density at radius 3 is 2.54 bits per heavy atom. The van der Waals surface area contributed by atoms with Crippen molar-refractivity contribution in [2.45, 2.75) is 38.6 Å². The van der Waals surface area contributed by atoms with Gasteiger partial charge < -0.3 is 10.2 Å². The van der Waals surface area contributed by atoms with Crippen LogP contribution in [0, 0.1) is 6.92 Å². The zero-order valence-corrected chi connectivity index (χ0v) is 15.1. The van der Waals surface area contributed by atoms with Crippen molar-refractivity contribution in [1.29, 1.82) is 0 Å². The normalized spacial score (nSPS) is 14.9. The summed E-state index contributed by atoms with van der Waals surface area (Å²) in [6.07, 6.45) is 6.12. The Kier molecular flexibility index (Phi) is 6.00. The van der Waals surface area contributed by atoms with Gasteiger partial charge in [0, 0.05) is 37.9 Å². The van der Waals surface area contributed by atoms with Gasteiger partial charge in [0.2, 0.25) is 5.91 Å². The third kappa shape index (κ3) is 4.91. The number of rotatable bonds is 5. The van der Waals surface area contributed by atoms with Gasteiger partial charge in [-0.2, -0.15) is 0 Å². The van der Waals surface area contributed by atoms with Gasteiger partial charge in [0.05, 0.1) is 5.56 Å². The summed E-state index contributed by atoms with van der Waals surface area (Å²) < 4.78 is 0. The Labute approximate surface area is 154 Å². The monoisotopic (exact) mass is 351 g/mol. The van der Waals surface area contributed by atoms with E-state index in [0.29, 0.717) is 25.1 Å². The van der Waals surface area contributed by atoms with Gasteiger partial charge in [-0.1, -0.05) is 29.8 Å². The van der Waals surface area contributed by atoms with Gasteiger partial charge in [0.15, 0.2) is 0 Å². The Morgan fingerprint density at radius 2 is 1.88 bits per heavy atom. The number of piperidine rings is 1. The van der Waals surface area contributed by atoms with Crippen LogP contribution in [-0.4, -0.2) is 40.8 Å². The molecule has 1 aromatic carbocycles. The molecule has 1 saturated heterocycles. The summed E-state index contributed by atoms with van der Waals surface area (Å²) in [5, 5.41) is 3.04. The van der Waals surface area contributed by atoms with Crippen molar-refractivity contribution < 1.29 is 9.59 Å². The maximum Gasteiger partial charge on any atom is 0.253 e. The highest BCUT2D eigenvalue weighted by atomic mass is 16.2. The SMILES string of the molecule is Cc1ccc(CCC(=O)N2CCC(NC(=O)c3cccnc3)CC2)cc1. The highest BCUT2D eigenvalue weighted by Crippen LogP contribution is 2.14. The quantitative estimate of drug-likeness (QED) is 0.901. The lowest BCUT2D eigenvalue weighted by molar-refractivity contribution is -0.132. The smallest absolute Gasteiger partial charge is 0.253 e. The zero-order chi connectivity index (χ0) is 18.4. The first kappa shape index (κ1) is 18.1. The molecule has 1 aromatic heterocycles. The second-order valence-corrected chi connectivity index (χ2v) is 6.86. The third-order valence-corrected chi connectivity index (χ3v) is 4.85. The second-order valence-electron chi connectivity index (χ2n) is 6.86. The predicted octanol–water partition coefficient (Wildman–Crippen LogP) is 2.74. The van der Waals surface area contributed by atoms with E-state index in [9.17, 15) is 9.59 Å². The molecule has 0 unspecified atom stereocenters. The minimum Gasteiger partial charge on any atom is -0.349 e. The number of pyridine rings is 1. The molecule has 1 fully saturated rings. The van der Waals surface area contributed by atoms with E-state index in [4.69, 9.17) is 0 Å². The van der Waals surface area contributed by atoms with Crippen molar-refractivity contribution in [3.8, 4) is 0 Å². The van der Waals surface area contributed by atoms with E-state index in [1.165, 1.54) is 11.1 Å². The summed E-state index contributed by atoms with van der Waals surface area (Å²) in [6, 6.07) is 12.0. The van der Waals surface area contributed by atoms with Gasteiger partial charge in [-0.25, -0.2) is 0 Å². The van der Waals surface area contributed by atoms with Crippen LogP contribution in [0.5, 0.6) is 0 Å². The van der Waals surface area contributed by atoms with Crippen LogP contribution in [0.15, 0.2) is 48.8 Å². The van der Waals surface area contributed by atoms with Crippen LogP contribution in [0.1, 0.15) is 40.7 Å². The first-order valence-electron chi connectivity index (χ1n) is 9.16. The molecule has 0 bridgehead atoms. The first-order chi connectivity index (χ1) is 12.6. The molecule has 5 heteroatoms. The molecule has 136 valence electrons. The lowest BCUT2D eigenvalue weighted by Crippen LogP contribution is -2.46. The molecule has 0 saturated carbocycles.